The SMILES string of the molecule is C=CC1=C(C(=O)[O-])N2C(=O)C(NC(=O)C(=NO)c3csc(N)n3)[C@H]2SC1.[Na+]. The summed E-state index contributed by atoms with van der Waals surface area (Å²) < 4.78 is 0. The van der Waals surface area contributed by atoms with Crippen LogP contribution in [0.2, 0.25) is 0 Å². The second-order valence-corrected chi connectivity index (χ2v) is 7.24. The Morgan fingerprint density at radius 2 is 2.26 bits per heavy atom. The zero-order chi connectivity index (χ0) is 19.0. The van der Waals surface area contributed by atoms with Crippen LogP contribution in [0, 0.1) is 0 Å². The van der Waals surface area contributed by atoms with Crippen molar-refractivity contribution in [2.45, 2.75) is 11.4 Å². The zero-order valence-corrected chi connectivity index (χ0v) is 17.7. The van der Waals surface area contributed by atoms with E-state index in [9.17, 15) is 19.5 Å². The van der Waals surface area contributed by atoms with Crippen molar-refractivity contribution < 1.29 is 54.3 Å². The van der Waals surface area contributed by atoms with Gasteiger partial charge < -0.3 is 26.2 Å². The molecule has 0 radical (unpaired) electrons. The number of allylic oxidation sites excluding steroid dienone is 1. The molecule has 2 aliphatic heterocycles. The van der Waals surface area contributed by atoms with E-state index >= 15 is 0 Å². The minimum Gasteiger partial charge on any atom is -0.543 e. The Morgan fingerprint density at radius 3 is 2.78 bits per heavy atom. The fraction of sp³-hybridized carbons (Fsp3) is 0.214. The van der Waals surface area contributed by atoms with Gasteiger partial charge in [0.1, 0.15) is 17.1 Å². The molecule has 2 aliphatic rings. The van der Waals surface area contributed by atoms with Gasteiger partial charge in [0.25, 0.3) is 11.8 Å². The summed E-state index contributed by atoms with van der Waals surface area (Å²) in [5.74, 6) is -2.62. The topological polar surface area (TPSA) is 161 Å². The zero-order valence-electron chi connectivity index (χ0n) is 14.0. The number of carbonyl (C=O) groups is 3. The van der Waals surface area contributed by atoms with E-state index in [1.54, 1.807) is 0 Å². The Labute approximate surface area is 183 Å². The third kappa shape index (κ3) is 3.75. The Morgan fingerprint density at radius 1 is 1.56 bits per heavy atom. The number of nitrogen functional groups attached to an aromatic ring is 1. The maximum Gasteiger partial charge on any atom is 1.00 e. The van der Waals surface area contributed by atoms with Crippen LogP contribution in [0.1, 0.15) is 5.69 Å². The van der Waals surface area contributed by atoms with E-state index in [0.29, 0.717) is 11.3 Å². The summed E-state index contributed by atoms with van der Waals surface area (Å²) in [7, 11) is 0. The largest absolute Gasteiger partial charge is 1.00 e. The number of hydrogen-bond acceptors (Lipinski definition) is 10. The maximum atomic E-state index is 12.4. The second kappa shape index (κ2) is 8.44. The number of carbonyl (C=O) groups excluding carboxylic acids is 3. The van der Waals surface area contributed by atoms with Gasteiger partial charge in [0.2, 0.25) is 0 Å². The summed E-state index contributed by atoms with van der Waals surface area (Å²) in [6.07, 6.45) is 1.36. The number of hydrogen-bond donors (Lipinski definition) is 3. The minimum atomic E-state index is -1.49. The predicted molar refractivity (Wildman–Crippen MR) is 92.1 cm³/mol. The molecule has 0 saturated carbocycles. The number of rotatable bonds is 5. The fourth-order valence-corrected chi connectivity index (χ4v) is 4.50. The number of nitrogens with one attached hydrogen (secondary N) is 1. The van der Waals surface area contributed by atoms with Crippen molar-refractivity contribution in [2.75, 3.05) is 11.5 Å². The van der Waals surface area contributed by atoms with Crippen molar-refractivity contribution in [3.8, 4) is 0 Å². The van der Waals surface area contributed by atoms with Gasteiger partial charge in [0.05, 0.1) is 11.7 Å². The van der Waals surface area contributed by atoms with Gasteiger partial charge in [-0.15, -0.1) is 23.1 Å². The molecule has 4 N–H and O–H groups in total. The molecule has 3 heterocycles. The van der Waals surface area contributed by atoms with Crippen LogP contribution >= 0.6 is 23.1 Å². The van der Waals surface area contributed by atoms with Crippen LogP contribution in [0.4, 0.5) is 5.13 Å². The molecule has 2 amide bonds. The van der Waals surface area contributed by atoms with Crippen molar-refractivity contribution in [1.29, 1.82) is 0 Å². The summed E-state index contributed by atoms with van der Waals surface area (Å²) in [5.41, 5.74) is 5.29. The number of oxime groups is 1. The van der Waals surface area contributed by atoms with Crippen molar-refractivity contribution in [3.63, 3.8) is 0 Å². The third-order valence-electron chi connectivity index (χ3n) is 3.80. The van der Waals surface area contributed by atoms with Gasteiger partial charge in [-0.1, -0.05) is 17.8 Å². The van der Waals surface area contributed by atoms with Crippen LogP contribution in [-0.4, -0.2) is 55.8 Å². The number of thiazole rings is 1. The first kappa shape index (κ1) is 21.4. The number of carboxylic acids is 1. The van der Waals surface area contributed by atoms with Crippen LogP contribution < -0.4 is 45.7 Å². The molecule has 1 saturated heterocycles. The number of anilines is 1. The molecule has 3 rings (SSSR count). The number of β-lactam (4-membered cyclic amide) rings is 1. The van der Waals surface area contributed by atoms with Gasteiger partial charge in [-0.25, -0.2) is 4.98 Å². The van der Waals surface area contributed by atoms with E-state index in [1.165, 1.54) is 23.2 Å². The number of thioether (sulfide) groups is 1. The summed E-state index contributed by atoms with van der Waals surface area (Å²) in [5, 5.41) is 26.8. The van der Waals surface area contributed by atoms with E-state index in [2.05, 4.69) is 22.0 Å². The quantitative estimate of drug-likeness (QED) is 0.142. The molecule has 27 heavy (non-hydrogen) atoms. The monoisotopic (exact) mass is 417 g/mol. The number of aliphatic carboxylic acids is 1. The third-order valence-corrected chi connectivity index (χ3v) is 5.78. The van der Waals surface area contributed by atoms with Gasteiger partial charge in [0.15, 0.2) is 10.8 Å². The number of aromatic nitrogens is 1. The minimum absolute atomic E-state index is 0. The summed E-state index contributed by atoms with van der Waals surface area (Å²) in [4.78, 5) is 40.9. The van der Waals surface area contributed by atoms with E-state index in [0.717, 1.165) is 16.2 Å². The van der Waals surface area contributed by atoms with Gasteiger partial charge in [-0.05, 0) is 5.57 Å². The summed E-state index contributed by atoms with van der Waals surface area (Å²) >= 11 is 2.33. The molecule has 0 spiro atoms. The first-order valence-corrected chi connectivity index (χ1v) is 9.07. The first-order chi connectivity index (χ1) is 12.4. The number of nitrogens with two attached hydrogens (primary N) is 1. The molecular formula is C14H12N5NaO5S2. The summed E-state index contributed by atoms with van der Waals surface area (Å²) in [6.45, 7) is 3.53. The molecule has 13 heteroatoms. The molecule has 0 bridgehead atoms. The Balaban J connectivity index is 0.00000261. The van der Waals surface area contributed by atoms with Crippen molar-refractivity contribution in [2.24, 2.45) is 5.16 Å². The van der Waals surface area contributed by atoms with Crippen LogP contribution in [0.5, 0.6) is 0 Å². The molecule has 1 fully saturated rings. The number of carboxylic acid groups (broad SMARTS) is 1. The van der Waals surface area contributed by atoms with Crippen molar-refractivity contribution >= 4 is 51.7 Å². The molecule has 1 unspecified atom stereocenters. The standard InChI is InChI=1S/C14H13N5O5S2.Na/c1-2-5-3-25-12-8(11(21)19(12)9(5)13(22)23)17-10(20)7(18-24)6-4-26-14(15)16-6;/h2,4,8,12,24H,1,3H2,(H2,15,16)(H,17,20)(H,22,23);/q;+1/p-1/t8?,12-;/m1./s1. The molecule has 136 valence electrons. The molecule has 0 aliphatic carbocycles. The van der Waals surface area contributed by atoms with E-state index < -0.39 is 34.9 Å². The van der Waals surface area contributed by atoms with Crippen LogP contribution in [-0.2, 0) is 14.4 Å². The molecular weight excluding hydrogens is 405 g/mol. The average molecular weight is 417 g/mol. The Bertz CT molecular complexity index is 883. The first-order valence-electron chi connectivity index (χ1n) is 7.15. The molecule has 1 aromatic rings. The van der Waals surface area contributed by atoms with Gasteiger partial charge in [-0.2, -0.15) is 0 Å². The van der Waals surface area contributed by atoms with E-state index in [4.69, 9.17) is 10.9 Å². The Kier molecular flexibility index (Phi) is 6.70. The molecule has 1 aromatic heterocycles. The van der Waals surface area contributed by atoms with Crippen LogP contribution in [0.3, 0.4) is 0 Å². The fourth-order valence-electron chi connectivity index (χ4n) is 2.61. The van der Waals surface area contributed by atoms with E-state index in [-0.39, 0.29) is 46.1 Å². The van der Waals surface area contributed by atoms with Gasteiger partial charge in [-0.3, -0.25) is 14.5 Å². The van der Waals surface area contributed by atoms with Crippen molar-refractivity contribution in [3.05, 3.63) is 35.0 Å². The molecule has 0 aromatic carbocycles. The normalized spacial score (nSPS) is 21.7. The molecule has 2 atom stereocenters. The van der Waals surface area contributed by atoms with Crippen LogP contribution in [0.25, 0.3) is 0 Å². The van der Waals surface area contributed by atoms with Crippen molar-refractivity contribution in [1.82, 2.24) is 15.2 Å². The average Bonchev–Trinajstić information content (AvgIpc) is 3.04. The van der Waals surface area contributed by atoms with Crippen LogP contribution in [0.15, 0.2) is 34.5 Å². The van der Waals surface area contributed by atoms with Gasteiger partial charge >= 0.3 is 29.6 Å². The number of amides is 2. The predicted octanol–water partition coefficient (Wildman–Crippen LogP) is -4.50. The second-order valence-electron chi connectivity index (χ2n) is 5.25. The number of nitrogens with zero attached hydrogens (tertiary/aromatic N) is 3. The number of fused-ring (bicyclic) bond motifs is 1. The molecule has 10 nitrogen and oxygen atoms in total. The Hall–Kier alpha value is -1.86. The van der Waals surface area contributed by atoms with Gasteiger partial charge in [0, 0.05) is 11.1 Å². The van der Waals surface area contributed by atoms with E-state index in [1.807, 2.05) is 0 Å². The maximum absolute atomic E-state index is 12.4. The summed E-state index contributed by atoms with van der Waals surface area (Å²) in [6, 6.07) is -0.971. The smallest absolute Gasteiger partial charge is 0.543 e.